The Bertz CT molecular complexity index is 835. The zero-order valence-corrected chi connectivity index (χ0v) is 17.9. The van der Waals surface area contributed by atoms with E-state index in [1.807, 2.05) is 11.0 Å². The zero-order valence-electron chi connectivity index (χ0n) is 17.9. The number of piperidine rings is 1. The van der Waals surface area contributed by atoms with Crippen molar-refractivity contribution in [3.8, 4) is 0 Å². The summed E-state index contributed by atoms with van der Waals surface area (Å²) in [5, 5.41) is 14.1. The van der Waals surface area contributed by atoms with Gasteiger partial charge in [-0.25, -0.2) is 4.68 Å². The van der Waals surface area contributed by atoms with E-state index < -0.39 is 0 Å². The van der Waals surface area contributed by atoms with E-state index in [9.17, 15) is 9.59 Å². The first-order valence-corrected chi connectivity index (χ1v) is 11.2. The van der Waals surface area contributed by atoms with Crippen molar-refractivity contribution in [2.24, 2.45) is 5.92 Å². The van der Waals surface area contributed by atoms with Gasteiger partial charge in [0.25, 0.3) is 0 Å². The van der Waals surface area contributed by atoms with Crippen LogP contribution in [0.4, 0.5) is 0 Å². The third-order valence-electron chi connectivity index (χ3n) is 6.32. The molecule has 2 aliphatic heterocycles. The van der Waals surface area contributed by atoms with Crippen molar-refractivity contribution in [1.29, 1.82) is 0 Å². The van der Waals surface area contributed by atoms with Gasteiger partial charge in [0.2, 0.25) is 11.8 Å². The molecule has 1 unspecified atom stereocenters. The molecule has 0 spiro atoms. The fourth-order valence-corrected chi connectivity index (χ4v) is 4.53. The number of hydrogen-bond acceptors (Lipinski definition) is 6. The minimum Gasteiger partial charge on any atom is -0.352 e. The van der Waals surface area contributed by atoms with Crippen LogP contribution < -0.4 is 5.32 Å². The number of carbonyl (C=O) groups excluding carboxylic acids is 2. The molecule has 4 rings (SSSR count). The Morgan fingerprint density at radius 2 is 1.87 bits per heavy atom. The van der Waals surface area contributed by atoms with Gasteiger partial charge in [0.1, 0.15) is 12.9 Å². The monoisotopic (exact) mass is 425 g/mol. The summed E-state index contributed by atoms with van der Waals surface area (Å²) < 4.78 is 1.45. The van der Waals surface area contributed by atoms with Crippen molar-refractivity contribution < 1.29 is 9.59 Å². The Kier molecular flexibility index (Phi) is 7.24. The van der Waals surface area contributed by atoms with Crippen molar-refractivity contribution in [3.63, 3.8) is 0 Å². The first-order chi connectivity index (χ1) is 15.2. The van der Waals surface area contributed by atoms with Gasteiger partial charge in [-0.05, 0) is 47.6 Å². The minimum atomic E-state index is 0.0461. The minimum absolute atomic E-state index is 0.0461. The van der Waals surface area contributed by atoms with Gasteiger partial charge < -0.3 is 10.2 Å². The summed E-state index contributed by atoms with van der Waals surface area (Å²) in [7, 11) is 0. The molecule has 0 radical (unpaired) electrons. The van der Waals surface area contributed by atoms with Crippen LogP contribution in [0.15, 0.2) is 36.7 Å². The van der Waals surface area contributed by atoms with Crippen LogP contribution in [-0.2, 0) is 22.7 Å². The van der Waals surface area contributed by atoms with Gasteiger partial charge in [0, 0.05) is 45.2 Å². The fraction of sp³-hybridized carbons (Fsp3) is 0.591. The van der Waals surface area contributed by atoms with E-state index in [1.54, 1.807) is 0 Å². The Morgan fingerprint density at radius 3 is 2.61 bits per heavy atom. The largest absolute Gasteiger partial charge is 0.352 e. The first kappa shape index (κ1) is 21.4. The molecule has 0 saturated carbocycles. The fourth-order valence-electron chi connectivity index (χ4n) is 4.53. The van der Waals surface area contributed by atoms with E-state index >= 15 is 0 Å². The maximum atomic E-state index is 12.4. The quantitative estimate of drug-likeness (QED) is 0.680. The molecule has 1 aromatic carbocycles. The van der Waals surface area contributed by atoms with Gasteiger partial charge in [0.05, 0.1) is 0 Å². The van der Waals surface area contributed by atoms with Crippen LogP contribution in [-0.4, -0.2) is 74.0 Å². The molecule has 2 aromatic rings. The van der Waals surface area contributed by atoms with Gasteiger partial charge in [-0.15, -0.1) is 5.10 Å². The number of likely N-dealkylation sites (tertiary alicyclic amines) is 2. The van der Waals surface area contributed by atoms with Gasteiger partial charge in [-0.3, -0.25) is 14.5 Å². The highest BCUT2D eigenvalue weighted by atomic mass is 16.2. The van der Waals surface area contributed by atoms with Crippen molar-refractivity contribution in [2.75, 3.05) is 26.2 Å². The summed E-state index contributed by atoms with van der Waals surface area (Å²) in [6, 6.07) is 10.7. The number of hydrogen-bond donors (Lipinski definition) is 1. The van der Waals surface area contributed by atoms with E-state index in [-0.39, 0.29) is 24.4 Å². The second-order valence-corrected chi connectivity index (χ2v) is 8.64. The second-order valence-electron chi connectivity index (χ2n) is 8.64. The van der Waals surface area contributed by atoms with Crippen LogP contribution >= 0.6 is 0 Å². The molecule has 9 heteroatoms. The molecule has 2 saturated heterocycles. The normalized spacial score (nSPS) is 20.1. The lowest BCUT2D eigenvalue weighted by Gasteiger charge is -2.32. The molecule has 1 aromatic heterocycles. The lowest BCUT2D eigenvalue weighted by atomic mass is 9.92. The predicted octanol–water partition coefficient (Wildman–Crippen LogP) is 1.08. The van der Waals surface area contributed by atoms with Crippen molar-refractivity contribution in [2.45, 2.75) is 51.2 Å². The van der Waals surface area contributed by atoms with Crippen LogP contribution in [0.1, 0.15) is 37.7 Å². The predicted molar refractivity (Wildman–Crippen MR) is 115 cm³/mol. The molecule has 2 aliphatic rings. The highest BCUT2D eigenvalue weighted by molar-refractivity contribution is 5.76. The van der Waals surface area contributed by atoms with E-state index in [2.05, 4.69) is 50.0 Å². The van der Waals surface area contributed by atoms with E-state index in [0.29, 0.717) is 12.3 Å². The highest BCUT2D eigenvalue weighted by Crippen LogP contribution is 2.22. The molecule has 0 bridgehead atoms. The SMILES string of the molecule is O=C(CCC1CCN(C(=O)Cn2cnnn2)CC1)NC1CCN(Cc2ccccc2)C1. The number of aromatic nitrogens is 4. The molecule has 2 amide bonds. The number of benzene rings is 1. The molecule has 3 heterocycles. The van der Waals surface area contributed by atoms with Gasteiger partial charge >= 0.3 is 0 Å². The molecule has 31 heavy (non-hydrogen) atoms. The lowest BCUT2D eigenvalue weighted by Crippen LogP contribution is -2.41. The number of carbonyl (C=O) groups is 2. The van der Waals surface area contributed by atoms with E-state index in [1.165, 1.54) is 16.6 Å². The zero-order chi connectivity index (χ0) is 21.5. The third kappa shape index (κ3) is 6.33. The standard InChI is InChI=1S/C22H31N7O2/c30-21(24-20-10-11-27(15-20)14-19-4-2-1-3-5-19)7-6-18-8-12-28(13-9-18)22(31)16-29-17-23-25-26-29/h1-5,17-18,20H,6-16H2,(H,24,30). The lowest BCUT2D eigenvalue weighted by molar-refractivity contribution is -0.133. The summed E-state index contributed by atoms with van der Waals surface area (Å²) in [4.78, 5) is 29.0. The maximum Gasteiger partial charge on any atom is 0.244 e. The molecule has 1 N–H and O–H groups in total. The average Bonchev–Trinajstić information content (AvgIpc) is 3.45. The van der Waals surface area contributed by atoms with Crippen LogP contribution in [0.5, 0.6) is 0 Å². The number of nitrogens with one attached hydrogen (secondary N) is 1. The summed E-state index contributed by atoms with van der Waals surface area (Å²) in [6.07, 6.45) is 5.82. The molecular weight excluding hydrogens is 394 g/mol. The van der Waals surface area contributed by atoms with Gasteiger partial charge in [-0.1, -0.05) is 30.3 Å². The van der Waals surface area contributed by atoms with E-state index in [4.69, 9.17) is 0 Å². The maximum absolute atomic E-state index is 12.4. The van der Waals surface area contributed by atoms with E-state index in [0.717, 1.165) is 58.4 Å². The second kappa shape index (κ2) is 10.5. The van der Waals surface area contributed by atoms with Gasteiger partial charge in [-0.2, -0.15) is 0 Å². The topological polar surface area (TPSA) is 96.2 Å². The van der Waals surface area contributed by atoms with Gasteiger partial charge in [0.15, 0.2) is 0 Å². The molecule has 166 valence electrons. The molecule has 1 atom stereocenters. The van der Waals surface area contributed by atoms with Crippen LogP contribution in [0.3, 0.4) is 0 Å². The van der Waals surface area contributed by atoms with Crippen LogP contribution in [0.2, 0.25) is 0 Å². The molecule has 9 nitrogen and oxygen atoms in total. The first-order valence-electron chi connectivity index (χ1n) is 11.2. The van der Waals surface area contributed by atoms with Crippen molar-refractivity contribution in [3.05, 3.63) is 42.2 Å². The molecule has 2 fully saturated rings. The Hall–Kier alpha value is -2.81. The number of tetrazole rings is 1. The Labute approximate surface area is 182 Å². The number of nitrogens with zero attached hydrogens (tertiary/aromatic N) is 6. The Morgan fingerprint density at radius 1 is 1.06 bits per heavy atom. The number of amides is 2. The summed E-state index contributed by atoms with van der Waals surface area (Å²) >= 11 is 0. The van der Waals surface area contributed by atoms with Crippen LogP contribution in [0, 0.1) is 5.92 Å². The van der Waals surface area contributed by atoms with Crippen molar-refractivity contribution in [1.82, 2.24) is 35.3 Å². The summed E-state index contributed by atoms with van der Waals surface area (Å²) in [6.45, 7) is 4.55. The third-order valence-corrected chi connectivity index (χ3v) is 6.32. The average molecular weight is 426 g/mol. The highest BCUT2D eigenvalue weighted by Gasteiger charge is 2.26. The Balaban J connectivity index is 1.11. The smallest absolute Gasteiger partial charge is 0.244 e. The summed E-state index contributed by atoms with van der Waals surface area (Å²) in [5.74, 6) is 0.703. The molecule has 0 aliphatic carbocycles. The molecular formula is C22H31N7O2. The summed E-state index contributed by atoms with van der Waals surface area (Å²) in [5.41, 5.74) is 1.32. The van der Waals surface area contributed by atoms with Crippen molar-refractivity contribution >= 4 is 11.8 Å². The van der Waals surface area contributed by atoms with Crippen LogP contribution in [0.25, 0.3) is 0 Å². The number of rotatable bonds is 8.